The van der Waals surface area contributed by atoms with Gasteiger partial charge in [-0.3, -0.25) is 4.57 Å². The average Bonchev–Trinajstić information content (AvgIpc) is 3.49. The van der Waals surface area contributed by atoms with Crippen molar-refractivity contribution in [2.45, 2.75) is 6.17 Å². The number of aromatic nitrogens is 1. The molecule has 0 bridgehead atoms. The molecule has 1 unspecified atom stereocenters. The van der Waals surface area contributed by atoms with E-state index in [9.17, 15) is 0 Å². The fourth-order valence-electron chi connectivity index (χ4n) is 6.77. The van der Waals surface area contributed by atoms with Gasteiger partial charge in [0, 0.05) is 16.3 Å². The summed E-state index contributed by atoms with van der Waals surface area (Å²) in [4.78, 5) is 10.4. The van der Waals surface area contributed by atoms with Crippen LogP contribution in [0, 0.1) is 0 Å². The van der Waals surface area contributed by atoms with Crippen molar-refractivity contribution in [1.82, 2.24) is 9.88 Å². The number of rotatable bonds is 4. The highest BCUT2D eigenvalue weighted by Gasteiger charge is 2.24. The van der Waals surface area contributed by atoms with E-state index in [1.165, 1.54) is 43.8 Å². The first-order valence-electron chi connectivity index (χ1n) is 16.0. The summed E-state index contributed by atoms with van der Waals surface area (Å²) in [6.07, 6.45) is -0.414. The van der Waals surface area contributed by atoms with Gasteiger partial charge in [-0.15, -0.1) is 0 Å². The molecule has 9 rings (SSSR count). The van der Waals surface area contributed by atoms with E-state index in [-0.39, 0.29) is 0 Å². The van der Waals surface area contributed by atoms with Crippen LogP contribution in [0.25, 0.3) is 54.8 Å². The van der Waals surface area contributed by atoms with Gasteiger partial charge in [0.15, 0.2) is 6.17 Å². The topological polar surface area (TPSA) is 41.7 Å². The van der Waals surface area contributed by atoms with Crippen LogP contribution in [0.2, 0.25) is 0 Å². The van der Waals surface area contributed by atoms with Gasteiger partial charge in [0.25, 0.3) is 0 Å². The molecule has 4 nitrogen and oxygen atoms in total. The Hall–Kier alpha value is -6.26. The molecule has 8 aromatic rings. The Morgan fingerprint density at radius 2 is 1.09 bits per heavy atom. The van der Waals surface area contributed by atoms with Crippen LogP contribution in [0.4, 0.5) is 0 Å². The summed E-state index contributed by atoms with van der Waals surface area (Å²) in [6.45, 7) is 0. The van der Waals surface area contributed by atoms with Crippen molar-refractivity contribution < 1.29 is 0 Å². The lowest BCUT2D eigenvalue weighted by Crippen LogP contribution is -2.39. The molecule has 1 aliphatic heterocycles. The molecule has 1 N–H and O–H groups in total. The van der Waals surface area contributed by atoms with Gasteiger partial charge in [-0.2, -0.15) is 0 Å². The van der Waals surface area contributed by atoms with Crippen LogP contribution in [-0.4, -0.2) is 16.4 Å². The lowest BCUT2D eigenvalue weighted by atomic mass is 9.97. The Morgan fingerprint density at radius 1 is 0.447 bits per heavy atom. The Kier molecular flexibility index (Phi) is 6.50. The summed E-state index contributed by atoms with van der Waals surface area (Å²) >= 11 is 0. The molecular formula is C43H30N4. The van der Waals surface area contributed by atoms with Crippen LogP contribution >= 0.6 is 0 Å². The lowest BCUT2D eigenvalue weighted by molar-refractivity contribution is 0.745. The van der Waals surface area contributed by atoms with Gasteiger partial charge >= 0.3 is 0 Å². The first-order chi connectivity index (χ1) is 23.3. The maximum Gasteiger partial charge on any atom is 0.211 e. The van der Waals surface area contributed by atoms with Gasteiger partial charge in [-0.1, -0.05) is 152 Å². The monoisotopic (exact) mass is 602 g/mol. The summed E-state index contributed by atoms with van der Waals surface area (Å²) in [5.74, 6) is 1.55. The highest BCUT2D eigenvalue weighted by atomic mass is 15.3. The van der Waals surface area contributed by atoms with Gasteiger partial charge in [0.1, 0.15) is 5.84 Å². The SMILES string of the molecule is c1ccc(C2=NC(c3ccc(-c4cccc5ccccc45)cc3)N=C(n3c4ccccc4c4cc(-c5ccccc5)ccc43)N2)cc1. The zero-order valence-corrected chi connectivity index (χ0v) is 25.6. The maximum absolute atomic E-state index is 5.28. The van der Waals surface area contributed by atoms with E-state index in [1.807, 2.05) is 18.2 Å². The van der Waals surface area contributed by atoms with Crippen LogP contribution in [0.3, 0.4) is 0 Å². The zero-order chi connectivity index (χ0) is 31.2. The van der Waals surface area contributed by atoms with E-state index in [0.29, 0.717) is 0 Å². The van der Waals surface area contributed by atoms with E-state index in [1.54, 1.807) is 0 Å². The second-order valence-corrected chi connectivity index (χ2v) is 11.9. The second kappa shape index (κ2) is 11.3. The number of hydrogen-bond donors (Lipinski definition) is 1. The molecular weight excluding hydrogens is 573 g/mol. The molecule has 47 heavy (non-hydrogen) atoms. The third-order valence-corrected chi connectivity index (χ3v) is 9.07. The first-order valence-corrected chi connectivity index (χ1v) is 16.0. The molecule has 0 saturated carbocycles. The minimum absolute atomic E-state index is 0.414. The standard InChI is InChI=1S/C43H30N4/c1-3-12-29(13-4-1)34-26-27-40-38(28-34)37-19-9-10-21-39(37)47(40)43-45-41(32-15-5-2-6-16-32)44-42(46-43)33-24-22-31(23-25-33)36-20-11-17-30-14-7-8-18-35(30)36/h1-28,42H,(H,44,45,46). The Morgan fingerprint density at radius 3 is 1.89 bits per heavy atom. The molecule has 0 fully saturated rings. The van der Waals surface area contributed by atoms with Crippen LogP contribution in [-0.2, 0) is 0 Å². The fraction of sp³-hybridized carbons (Fsp3) is 0.0233. The van der Waals surface area contributed by atoms with Crippen molar-refractivity contribution in [2.24, 2.45) is 9.98 Å². The van der Waals surface area contributed by atoms with Gasteiger partial charge in [0.2, 0.25) is 5.96 Å². The number of hydrogen-bond acceptors (Lipinski definition) is 3. The second-order valence-electron chi connectivity index (χ2n) is 11.9. The van der Waals surface area contributed by atoms with E-state index < -0.39 is 6.17 Å². The third-order valence-electron chi connectivity index (χ3n) is 9.07. The largest absolute Gasteiger partial charge is 0.310 e. The van der Waals surface area contributed by atoms with Gasteiger partial charge in [-0.25, -0.2) is 9.98 Å². The Balaban J connectivity index is 1.18. The normalized spacial score (nSPS) is 14.6. The van der Waals surface area contributed by atoms with E-state index in [2.05, 4.69) is 162 Å². The number of amidine groups is 1. The summed E-state index contributed by atoms with van der Waals surface area (Å²) in [5, 5.41) is 8.48. The summed E-state index contributed by atoms with van der Waals surface area (Å²) in [5.41, 5.74) is 9.03. The summed E-state index contributed by atoms with van der Waals surface area (Å²) < 4.78 is 2.24. The minimum Gasteiger partial charge on any atom is -0.310 e. The van der Waals surface area contributed by atoms with Crippen molar-refractivity contribution in [3.63, 3.8) is 0 Å². The zero-order valence-electron chi connectivity index (χ0n) is 25.6. The van der Waals surface area contributed by atoms with Crippen molar-refractivity contribution >= 4 is 44.4 Å². The maximum atomic E-state index is 5.28. The average molecular weight is 603 g/mol. The minimum atomic E-state index is -0.414. The molecule has 0 spiro atoms. The highest BCUT2D eigenvalue weighted by Crippen LogP contribution is 2.35. The molecule has 1 atom stereocenters. The predicted octanol–water partition coefficient (Wildman–Crippen LogP) is 10.2. The van der Waals surface area contributed by atoms with E-state index in [0.717, 1.165) is 34.0 Å². The lowest BCUT2D eigenvalue weighted by Gasteiger charge is -2.23. The molecule has 1 aromatic heterocycles. The predicted molar refractivity (Wildman–Crippen MR) is 196 cm³/mol. The summed E-state index contributed by atoms with van der Waals surface area (Å²) in [6, 6.07) is 59.8. The van der Waals surface area contributed by atoms with Crippen LogP contribution < -0.4 is 5.32 Å². The van der Waals surface area contributed by atoms with Gasteiger partial charge < -0.3 is 5.32 Å². The molecule has 2 heterocycles. The molecule has 0 aliphatic carbocycles. The van der Waals surface area contributed by atoms with Crippen LogP contribution in [0.15, 0.2) is 180 Å². The molecule has 222 valence electrons. The number of benzene rings is 7. The smallest absolute Gasteiger partial charge is 0.211 e. The highest BCUT2D eigenvalue weighted by molar-refractivity contribution is 6.19. The molecule has 0 amide bonds. The number of para-hydroxylation sites is 1. The molecule has 0 saturated heterocycles. The number of fused-ring (bicyclic) bond motifs is 4. The fourth-order valence-corrected chi connectivity index (χ4v) is 6.77. The van der Waals surface area contributed by atoms with Crippen LogP contribution in [0.1, 0.15) is 17.3 Å². The first kappa shape index (κ1) is 27.1. The van der Waals surface area contributed by atoms with Gasteiger partial charge in [0.05, 0.1) is 11.0 Å². The third kappa shape index (κ3) is 4.79. The molecule has 1 aliphatic rings. The number of nitrogens with zero attached hydrogens (tertiary/aromatic N) is 3. The quantitative estimate of drug-likeness (QED) is 0.214. The Bertz CT molecular complexity index is 2470. The van der Waals surface area contributed by atoms with Crippen molar-refractivity contribution in [3.8, 4) is 22.3 Å². The van der Waals surface area contributed by atoms with Crippen molar-refractivity contribution in [1.29, 1.82) is 0 Å². The van der Waals surface area contributed by atoms with Gasteiger partial charge in [-0.05, 0) is 56.8 Å². The van der Waals surface area contributed by atoms with Crippen molar-refractivity contribution in [2.75, 3.05) is 0 Å². The number of nitrogens with one attached hydrogen (secondary N) is 1. The summed E-state index contributed by atoms with van der Waals surface area (Å²) in [7, 11) is 0. The molecule has 0 radical (unpaired) electrons. The van der Waals surface area contributed by atoms with E-state index in [4.69, 9.17) is 9.98 Å². The molecule has 7 aromatic carbocycles. The molecule has 4 heteroatoms. The van der Waals surface area contributed by atoms with Crippen LogP contribution in [0.5, 0.6) is 0 Å². The Labute approximate surface area is 273 Å². The van der Waals surface area contributed by atoms with E-state index >= 15 is 0 Å². The number of aliphatic imine (C=N–C) groups is 2. The van der Waals surface area contributed by atoms with Crippen molar-refractivity contribution in [3.05, 3.63) is 181 Å².